The van der Waals surface area contributed by atoms with Crippen molar-refractivity contribution in [3.8, 4) is 6.01 Å². The van der Waals surface area contributed by atoms with Gasteiger partial charge in [-0.1, -0.05) is 23.7 Å². The number of hydrogen-bond donors (Lipinski definition) is 1. The fourth-order valence-electron chi connectivity index (χ4n) is 2.30. The highest BCUT2D eigenvalue weighted by molar-refractivity contribution is 7.89. The van der Waals surface area contributed by atoms with Crippen LogP contribution in [0.5, 0.6) is 6.01 Å². The molecule has 144 valence electrons. The molecule has 2 heterocycles. The highest BCUT2D eigenvalue weighted by Gasteiger charge is 2.43. The summed E-state index contributed by atoms with van der Waals surface area (Å²) in [6.45, 7) is 0. The molecule has 27 heavy (non-hydrogen) atoms. The Morgan fingerprint density at radius 2 is 1.89 bits per heavy atom. The molecule has 0 aliphatic carbocycles. The summed E-state index contributed by atoms with van der Waals surface area (Å²) in [5.41, 5.74) is -0.189. The predicted octanol–water partition coefficient (Wildman–Crippen LogP) is 2.97. The zero-order valence-corrected chi connectivity index (χ0v) is 15.2. The maximum atomic E-state index is 13.5. The fourth-order valence-corrected chi connectivity index (χ4v) is 3.64. The maximum Gasteiger partial charge on any atom is 0.408 e. The second-order valence-electron chi connectivity index (χ2n) is 5.41. The summed E-state index contributed by atoms with van der Waals surface area (Å²) >= 11 is 5.68. The Balaban J connectivity index is 1.98. The molecular weight excluding hydrogens is 409 g/mol. The van der Waals surface area contributed by atoms with Gasteiger partial charge in [-0.05, 0) is 23.8 Å². The Morgan fingerprint density at radius 3 is 2.48 bits per heavy atom. The van der Waals surface area contributed by atoms with Gasteiger partial charge in [0, 0.05) is 17.3 Å². The number of alkyl halides is 3. The number of hydrogen-bond acceptors (Lipinski definition) is 5. The van der Waals surface area contributed by atoms with E-state index in [4.69, 9.17) is 16.3 Å². The number of methoxy groups -OCH3 is 1. The normalized spacial score (nSPS) is 13.7. The first kappa shape index (κ1) is 19.4. The molecule has 0 fully saturated rings. The number of nitrogens with zero attached hydrogens (tertiary/aromatic N) is 3. The van der Waals surface area contributed by atoms with E-state index in [0.29, 0.717) is 0 Å². The zero-order chi connectivity index (χ0) is 19.8. The number of ether oxygens (including phenoxy) is 1. The Labute approximate surface area is 156 Å². The minimum atomic E-state index is -4.86. The third-order valence-electron chi connectivity index (χ3n) is 3.59. The van der Waals surface area contributed by atoms with E-state index in [2.05, 4.69) is 10.1 Å². The molecule has 12 heteroatoms. The molecule has 0 saturated heterocycles. The van der Waals surface area contributed by atoms with E-state index in [1.807, 2.05) is 0 Å². The predicted molar refractivity (Wildman–Crippen MR) is 90.1 cm³/mol. The molecule has 1 unspecified atom stereocenters. The first-order valence-electron chi connectivity index (χ1n) is 7.35. The van der Waals surface area contributed by atoms with Crippen molar-refractivity contribution in [3.05, 3.63) is 53.2 Å². The quantitative estimate of drug-likeness (QED) is 0.686. The number of fused-ring (bicyclic) bond motifs is 1. The van der Waals surface area contributed by atoms with Crippen molar-refractivity contribution in [2.45, 2.75) is 17.1 Å². The largest absolute Gasteiger partial charge is 0.466 e. The second kappa shape index (κ2) is 6.98. The van der Waals surface area contributed by atoms with Gasteiger partial charge >= 0.3 is 12.2 Å². The number of halogens is 4. The third-order valence-corrected chi connectivity index (χ3v) is 5.26. The van der Waals surface area contributed by atoms with Gasteiger partial charge in [-0.3, -0.25) is 0 Å². The van der Waals surface area contributed by atoms with E-state index < -0.39 is 27.1 Å². The molecule has 0 spiro atoms. The lowest BCUT2D eigenvalue weighted by atomic mass is 10.1. The monoisotopic (exact) mass is 420 g/mol. The van der Waals surface area contributed by atoms with E-state index in [1.165, 1.54) is 30.0 Å². The van der Waals surface area contributed by atoms with Crippen LogP contribution >= 0.6 is 11.6 Å². The Bertz CT molecular complexity index is 1070. The van der Waals surface area contributed by atoms with Crippen LogP contribution in [0.1, 0.15) is 11.6 Å². The highest BCUT2D eigenvalue weighted by atomic mass is 35.5. The lowest BCUT2D eigenvalue weighted by Crippen LogP contribution is -2.38. The van der Waals surface area contributed by atoms with E-state index in [1.54, 1.807) is 4.72 Å². The van der Waals surface area contributed by atoms with Crippen LogP contribution in [-0.4, -0.2) is 36.3 Å². The minimum absolute atomic E-state index is 0.00756. The lowest BCUT2D eigenvalue weighted by Gasteiger charge is -2.22. The van der Waals surface area contributed by atoms with Crippen LogP contribution < -0.4 is 9.46 Å². The van der Waals surface area contributed by atoms with Gasteiger partial charge in [-0.15, -0.1) is 5.10 Å². The number of rotatable bonds is 5. The fraction of sp³-hybridized carbons (Fsp3) is 0.200. The molecule has 0 aliphatic rings. The SMILES string of the molecule is COc1nc2cc(S(=O)(=O)NC(c3ccc(Cl)cc3)C(F)(F)F)ccn2n1. The van der Waals surface area contributed by atoms with Crippen LogP contribution in [-0.2, 0) is 10.0 Å². The standard InChI is InChI=1S/C15H12ClF3N4O3S/c1-26-14-20-12-8-11(6-7-23(12)21-14)27(24,25)22-13(15(17,18)19)9-2-4-10(16)5-3-9/h2-8,13,22H,1H3. The minimum Gasteiger partial charge on any atom is -0.466 e. The van der Waals surface area contributed by atoms with Crippen LogP contribution in [0, 0.1) is 0 Å². The van der Waals surface area contributed by atoms with Gasteiger partial charge in [-0.25, -0.2) is 12.9 Å². The van der Waals surface area contributed by atoms with E-state index >= 15 is 0 Å². The molecule has 3 aromatic rings. The number of pyridine rings is 1. The number of sulfonamides is 1. The summed E-state index contributed by atoms with van der Waals surface area (Å²) in [5, 5.41) is 4.12. The first-order chi connectivity index (χ1) is 12.6. The van der Waals surface area contributed by atoms with Crippen molar-refractivity contribution in [1.29, 1.82) is 0 Å². The zero-order valence-electron chi connectivity index (χ0n) is 13.6. The molecule has 0 aliphatic heterocycles. The Morgan fingerprint density at radius 1 is 1.22 bits per heavy atom. The van der Waals surface area contributed by atoms with E-state index in [-0.39, 0.29) is 22.2 Å². The van der Waals surface area contributed by atoms with E-state index in [0.717, 1.165) is 24.3 Å². The molecule has 7 nitrogen and oxygen atoms in total. The number of aromatic nitrogens is 3. The van der Waals surface area contributed by atoms with Crippen LogP contribution in [0.15, 0.2) is 47.5 Å². The van der Waals surface area contributed by atoms with Crippen LogP contribution in [0.2, 0.25) is 5.02 Å². The molecule has 0 saturated carbocycles. The molecule has 1 atom stereocenters. The second-order valence-corrected chi connectivity index (χ2v) is 7.56. The number of nitrogens with one attached hydrogen (secondary N) is 1. The van der Waals surface area contributed by atoms with Crippen molar-refractivity contribution >= 4 is 27.3 Å². The molecule has 1 N–H and O–H groups in total. The Kier molecular flexibility index (Phi) is 5.02. The molecule has 1 aromatic carbocycles. The van der Waals surface area contributed by atoms with Crippen molar-refractivity contribution in [1.82, 2.24) is 19.3 Å². The van der Waals surface area contributed by atoms with Crippen molar-refractivity contribution < 1.29 is 26.3 Å². The summed E-state index contributed by atoms with van der Waals surface area (Å²) < 4.78 is 73.2. The van der Waals surface area contributed by atoms with Crippen molar-refractivity contribution in [3.63, 3.8) is 0 Å². The van der Waals surface area contributed by atoms with E-state index in [9.17, 15) is 21.6 Å². The lowest BCUT2D eigenvalue weighted by molar-refractivity contribution is -0.153. The third kappa shape index (κ3) is 4.15. The van der Waals surface area contributed by atoms with Gasteiger partial charge < -0.3 is 4.74 Å². The van der Waals surface area contributed by atoms with Gasteiger partial charge in [0.15, 0.2) is 5.65 Å². The van der Waals surface area contributed by atoms with Gasteiger partial charge in [0.05, 0.1) is 12.0 Å². The molecule has 2 aromatic heterocycles. The summed E-state index contributed by atoms with van der Waals surface area (Å²) in [6.07, 6.45) is -3.60. The summed E-state index contributed by atoms with van der Waals surface area (Å²) in [6, 6.07) is 4.46. The number of benzene rings is 1. The van der Waals surface area contributed by atoms with Crippen molar-refractivity contribution in [2.75, 3.05) is 7.11 Å². The summed E-state index contributed by atoms with van der Waals surface area (Å²) in [5.74, 6) is 0. The smallest absolute Gasteiger partial charge is 0.408 e. The molecule has 0 radical (unpaired) electrons. The van der Waals surface area contributed by atoms with Gasteiger partial charge in [0.25, 0.3) is 0 Å². The first-order valence-corrected chi connectivity index (χ1v) is 9.21. The van der Waals surface area contributed by atoms with Crippen LogP contribution in [0.4, 0.5) is 13.2 Å². The molecule has 3 rings (SSSR count). The maximum absolute atomic E-state index is 13.5. The highest BCUT2D eigenvalue weighted by Crippen LogP contribution is 2.34. The van der Waals surface area contributed by atoms with Gasteiger partial charge in [0.1, 0.15) is 6.04 Å². The van der Waals surface area contributed by atoms with Gasteiger partial charge in [-0.2, -0.15) is 22.9 Å². The van der Waals surface area contributed by atoms with Crippen LogP contribution in [0.3, 0.4) is 0 Å². The molecular formula is C15H12ClF3N4O3S. The van der Waals surface area contributed by atoms with Gasteiger partial charge in [0.2, 0.25) is 10.0 Å². The topological polar surface area (TPSA) is 85.6 Å². The average Bonchev–Trinajstić information content (AvgIpc) is 3.02. The Hall–Kier alpha value is -2.37. The summed E-state index contributed by atoms with van der Waals surface area (Å²) in [4.78, 5) is 3.51. The van der Waals surface area contributed by atoms with Crippen molar-refractivity contribution in [2.24, 2.45) is 0 Å². The summed E-state index contributed by atoms with van der Waals surface area (Å²) in [7, 11) is -3.19. The average molecular weight is 421 g/mol. The molecule has 0 amide bonds. The molecule has 0 bridgehead atoms. The van der Waals surface area contributed by atoms with Crippen LogP contribution in [0.25, 0.3) is 5.65 Å².